The molecule has 0 saturated carbocycles. The highest BCUT2D eigenvalue weighted by molar-refractivity contribution is 5.56. The quantitative estimate of drug-likeness (QED) is 0.645. The number of hydrogen-bond acceptors (Lipinski definition) is 5. The highest BCUT2D eigenvalue weighted by Crippen LogP contribution is 2.27. The highest BCUT2D eigenvalue weighted by Gasteiger charge is 2.19. The summed E-state index contributed by atoms with van der Waals surface area (Å²) in [5.74, 6) is 0.542. The molecule has 0 radical (unpaired) electrons. The van der Waals surface area contributed by atoms with E-state index in [2.05, 4.69) is 17.1 Å². The Balaban J connectivity index is 2.06. The van der Waals surface area contributed by atoms with Crippen LogP contribution in [-0.4, -0.2) is 42.1 Å². The van der Waals surface area contributed by atoms with Gasteiger partial charge in [0.15, 0.2) is 0 Å². The van der Waals surface area contributed by atoms with Crippen molar-refractivity contribution in [1.29, 1.82) is 0 Å². The molecule has 0 unspecified atom stereocenters. The van der Waals surface area contributed by atoms with Crippen LogP contribution in [0.2, 0.25) is 0 Å². The Morgan fingerprint density at radius 1 is 1.33 bits per heavy atom. The molecule has 0 aromatic heterocycles. The standard InChI is InChI=1S/C15H23N3O3/c1-3-17-7-5-12(6-8-17)16-13-9-14(18(19)20)11-15(10-13)21-4-2/h9-12,16H,3-8H2,1-2H3. The summed E-state index contributed by atoms with van der Waals surface area (Å²) >= 11 is 0. The van der Waals surface area contributed by atoms with Crippen molar-refractivity contribution in [2.75, 3.05) is 31.6 Å². The van der Waals surface area contributed by atoms with Crippen molar-refractivity contribution in [2.45, 2.75) is 32.7 Å². The van der Waals surface area contributed by atoms with Crippen LogP contribution in [0.1, 0.15) is 26.7 Å². The number of nitrogens with one attached hydrogen (secondary N) is 1. The fourth-order valence-electron chi connectivity index (χ4n) is 2.65. The van der Waals surface area contributed by atoms with E-state index in [1.54, 1.807) is 6.07 Å². The number of rotatable bonds is 6. The number of nitro groups is 1. The summed E-state index contributed by atoms with van der Waals surface area (Å²) in [5.41, 5.74) is 0.831. The Bertz CT molecular complexity index is 485. The second-order valence-electron chi connectivity index (χ2n) is 5.26. The van der Waals surface area contributed by atoms with E-state index in [4.69, 9.17) is 4.74 Å². The van der Waals surface area contributed by atoms with E-state index < -0.39 is 0 Å². The predicted molar refractivity (Wildman–Crippen MR) is 83.0 cm³/mol. The normalized spacial score (nSPS) is 16.7. The molecule has 116 valence electrons. The van der Waals surface area contributed by atoms with E-state index in [0.29, 0.717) is 18.4 Å². The summed E-state index contributed by atoms with van der Waals surface area (Å²) in [6.45, 7) is 7.76. The van der Waals surface area contributed by atoms with Gasteiger partial charge >= 0.3 is 0 Å². The molecule has 1 N–H and O–H groups in total. The molecule has 0 aliphatic carbocycles. The monoisotopic (exact) mass is 293 g/mol. The summed E-state index contributed by atoms with van der Waals surface area (Å²) in [6, 6.07) is 5.25. The molecule has 2 rings (SSSR count). The summed E-state index contributed by atoms with van der Waals surface area (Å²) in [4.78, 5) is 13.0. The van der Waals surface area contributed by atoms with Crippen LogP contribution in [0.15, 0.2) is 18.2 Å². The summed E-state index contributed by atoms with van der Waals surface area (Å²) < 4.78 is 5.41. The summed E-state index contributed by atoms with van der Waals surface area (Å²) in [6.07, 6.45) is 2.11. The number of piperidine rings is 1. The SMILES string of the molecule is CCOc1cc(NC2CCN(CC)CC2)cc([N+](=O)[O-])c1. The third-order valence-electron chi connectivity index (χ3n) is 3.82. The lowest BCUT2D eigenvalue weighted by Crippen LogP contribution is -2.38. The lowest BCUT2D eigenvalue weighted by Gasteiger charge is -2.32. The number of benzene rings is 1. The number of nitrogens with zero attached hydrogens (tertiary/aromatic N) is 2. The largest absolute Gasteiger partial charge is 0.494 e. The first-order chi connectivity index (χ1) is 10.1. The van der Waals surface area contributed by atoms with E-state index in [1.165, 1.54) is 6.07 Å². The molecular weight excluding hydrogens is 270 g/mol. The zero-order valence-electron chi connectivity index (χ0n) is 12.7. The Labute approximate surface area is 125 Å². The zero-order chi connectivity index (χ0) is 15.2. The molecule has 1 heterocycles. The summed E-state index contributed by atoms with van der Waals surface area (Å²) in [7, 11) is 0. The highest BCUT2D eigenvalue weighted by atomic mass is 16.6. The molecule has 6 nitrogen and oxygen atoms in total. The molecule has 1 aromatic rings. The fourth-order valence-corrected chi connectivity index (χ4v) is 2.65. The van der Waals surface area contributed by atoms with Gasteiger partial charge in [0.1, 0.15) is 5.75 Å². The van der Waals surface area contributed by atoms with Gasteiger partial charge in [0.25, 0.3) is 5.69 Å². The van der Waals surface area contributed by atoms with Crippen molar-refractivity contribution >= 4 is 11.4 Å². The van der Waals surface area contributed by atoms with Crippen LogP contribution in [0, 0.1) is 10.1 Å². The average molecular weight is 293 g/mol. The molecule has 1 aliphatic rings. The Morgan fingerprint density at radius 3 is 2.62 bits per heavy atom. The van der Waals surface area contributed by atoms with Crippen molar-refractivity contribution in [3.8, 4) is 5.75 Å². The van der Waals surface area contributed by atoms with Crippen LogP contribution in [0.25, 0.3) is 0 Å². The van der Waals surface area contributed by atoms with Crippen molar-refractivity contribution in [3.63, 3.8) is 0 Å². The van der Waals surface area contributed by atoms with Gasteiger partial charge in [0.05, 0.1) is 17.6 Å². The van der Waals surface area contributed by atoms with Gasteiger partial charge in [0.2, 0.25) is 0 Å². The van der Waals surface area contributed by atoms with Crippen LogP contribution in [-0.2, 0) is 0 Å². The van der Waals surface area contributed by atoms with Crippen LogP contribution in [0.4, 0.5) is 11.4 Å². The van der Waals surface area contributed by atoms with E-state index in [9.17, 15) is 10.1 Å². The molecule has 1 saturated heterocycles. The average Bonchev–Trinajstić information content (AvgIpc) is 2.48. The van der Waals surface area contributed by atoms with Crippen LogP contribution < -0.4 is 10.1 Å². The van der Waals surface area contributed by atoms with E-state index in [0.717, 1.165) is 38.2 Å². The first-order valence-electron chi connectivity index (χ1n) is 7.53. The van der Waals surface area contributed by atoms with Crippen molar-refractivity contribution < 1.29 is 9.66 Å². The number of hydrogen-bond donors (Lipinski definition) is 1. The Kier molecular flexibility index (Phi) is 5.38. The van der Waals surface area contributed by atoms with Gasteiger partial charge in [-0.1, -0.05) is 6.92 Å². The lowest BCUT2D eigenvalue weighted by molar-refractivity contribution is -0.384. The molecule has 1 aliphatic heterocycles. The number of non-ortho nitro benzene ring substituents is 1. The van der Waals surface area contributed by atoms with Gasteiger partial charge < -0.3 is 15.0 Å². The molecule has 0 atom stereocenters. The third-order valence-corrected chi connectivity index (χ3v) is 3.82. The maximum atomic E-state index is 11.0. The molecule has 0 spiro atoms. The van der Waals surface area contributed by atoms with Crippen LogP contribution in [0.3, 0.4) is 0 Å². The van der Waals surface area contributed by atoms with Gasteiger partial charge in [-0.15, -0.1) is 0 Å². The molecule has 21 heavy (non-hydrogen) atoms. The van der Waals surface area contributed by atoms with Crippen molar-refractivity contribution in [1.82, 2.24) is 4.90 Å². The summed E-state index contributed by atoms with van der Waals surface area (Å²) in [5, 5.41) is 14.4. The van der Waals surface area contributed by atoms with Crippen LogP contribution >= 0.6 is 0 Å². The van der Waals surface area contributed by atoms with Crippen molar-refractivity contribution in [2.24, 2.45) is 0 Å². The Hall–Kier alpha value is -1.82. The van der Waals surface area contributed by atoms with Gasteiger partial charge in [-0.2, -0.15) is 0 Å². The molecular formula is C15H23N3O3. The second kappa shape index (κ2) is 7.26. The van der Waals surface area contributed by atoms with Gasteiger partial charge in [-0.05, 0) is 26.3 Å². The van der Waals surface area contributed by atoms with Crippen molar-refractivity contribution in [3.05, 3.63) is 28.3 Å². The topological polar surface area (TPSA) is 67.6 Å². The lowest BCUT2D eigenvalue weighted by atomic mass is 10.0. The minimum atomic E-state index is -0.382. The maximum absolute atomic E-state index is 11.0. The van der Waals surface area contributed by atoms with E-state index in [-0.39, 0.29) is 10.6 Å². The Morgan fingerprint density at radius 2 is 2.05 bits per heavy atom. The molecule has 6 heteroatoms. The van der Waals surface area contributed by atoms with Gasteiger partial charge in [0, 0.05) is 37.0 Å². The smallest absolute Gasteiger partial charge is 0.275 e. The van der Waals surface area contributed by atoms with Crippen LogP contribution in [0.5, 0.6) is 5.75 Å². The zero-order valence-corrected chi connectivity index (χ0v) is 12.7. The first-order valence-corrected chi connectivity index (χ1v) is 7.53. The molecule has 1 aromatic carbocycles. The van der Waals surface area contributed by atoms with Gasteiger partial charge in [-0.25, -0.2) is 0 Å². The van der Waals surface area contributed by atoms with E-state index >= 15 is 0 Å². The molecule has 0 bridgehead atoms. The first kappa shape index (κ1) is 15.6. The number of nitro benzene ring substituents is 1. The van der Waals surface area contributed by atoms with E-state index in [1.807, 2.05) is 13.0 Å². The third kappa shape index (κ3) is 4.32. The minimum absolute atomic E-state index is 0.0643. The fraction of sp³-hybridized carbons (Fsp3) is 0.600. The molecule has 0 amide bonds. The number of likely N-dealkylation sites (tertiary alicyclic amines) is 1. The minimum Gasteiger partial charge on any atom is -0.494 e. The molecule has 1 fully saturated rings. The number of ether oxygens (including phenoxy) is 1. The maximum Gasteiger partial charge on any atom is 0.275 e. The second-order valence-corrected chi connectivity index (χ2v) is 5.26. The predicted octanol–water partition coefficient (Wildman–Crippen LogP) is 2.89. The van der Waals surface area contributed by atoms with Gasteiger partial charge in [-0.3, -0.25) is 10.1 Å². The number of anilines is 1.